The van der Waals surface area contributed by atoms with E-state index in [0.29, 0.717) is 0 Å². The lowest BCUT2D eigenvalue weighted by Gasteiger charge is -2.11. The normalized spacial score (nSPS) is 27.0. The molecule has 1 nitrogen and oxygen atoms in total. The molecule has 0 aromatic rings. The van der Waals surface area contributed by atoms with Gasteiger partial charge in [0.2, 0.25) is 0 Å². The minimum Gasteiger partial charge on any atom is -0.509 e. The molecule has 0 aromatic heterocycles. The summed E-state index contributed by atoms with van der Waals surface area (Å²) in [5.74, 6) is -0.145. The maximum atomic E-state index is 12.4. The average Bonchev–Trinajstić information content (AvgIpc) is 1.83. The molecule has 0 saturated carbocycles. The summed E-state index contributed by atoms with van der Waals surface area (Å²) >= 11 is 0. The summed E-state index contributed by atoms with van der Waals surface area (Å²) in [6, 6.07) is 0. The van der Waals surface area contributed by atoms with Gasteiger partial charge in [0, 0.05) is 6.42 Å². The third-order valence-corrected chi connectivity index (χ3v) is 1.25. The Morgan fingerprint density at radius 1 is 1.78 bits per heavy atom. The van der Waals surface area contributed by atoms with Crippen LogP contribution < -0.4 is 0 Å². The molecule has 0 bridgehead atoms. The lowest BCUT2D eigenvalue weighted by atomic mass is 9.85. The number of rotatable bonds is 0. The van der Waals surface area contributed by atoms with Crippen molar-refractivity contribution >= 4 is 7.85 Å². The highest BCUT2D eigenvalue weighted by molar-refractivity contribution is 6.22. The van der Waals surface area contributed by atoms with Crippen LogP contribution in [-0.4, -0.2) is 19.1 Å². The largest absolute Gasteiger partial charge is 0.509 e. The second kappa shape index (κ2) is 2.25. The quantitative estimate of drug-likeness (QED) is 0.481. The molecule has 0 aromatic carbocycles. The molecule has 9 heavy (non-hydrogen) atoms. The van der Waals surface area contributed by atoms with E-state index in [1.165, 1.54) is 6.08 Å². The summed E-state index contributed by atoms with van der Waals surface area (Å²) in [5.41, 5.74) is -0.0579. The molecule has 0 heterocycles. The molecular formula is C6H6BFO. The van der Waals surface area contributed by atoms with Gasteiger partial charge in [0.05, 0.1) is 0 Å². The van der Waals surface area contributed by atoms with Crippen molar-refractivity contribution in [2.75, 3.05) is 0 Å². The van der Waals surface area contributed by atoms with Crippen LogP contribution >= 0.6 is 0 Å². The van der Waals surface area contributed by atoms with Crippen molar-refractivity contribution < 1.29 is 9.50 Å². The summed E-state index contributed by atoms with van der Waals surface area (Å²) < 4.78 is 12.4. The van der Waals surface area contributed by atoms with Gasteiger partial charge in [0.15, 0.2) is 0 Å². The van der Waals surface area contributed by atoms with Gasteiger partial charge in [-0.05, 0) is 11.5 Å². The molecule has 0 aliphatic heterocycles. The number of halogens is 1. The molecule has 1 rings (SSSR count). The van der Waals surface area contributed by atoms with E-state index in [0.717, 1.165) is 0 Å². The Bertz CT molecular complexity index is 174. The Labute approximate surface area is 54.3 Å². The highest BCUT2D eigenvalue weighted by Crippen LogP contribution is 2.17. The molecule has 1 unspecified atom stereocenters. The SMILES string of the molecule is [B]C1=C(O)C=CCC1F. The van der Waals surface area contributed by atoms with Crippen LogP contribution in [0.25, 0.3) is 0 Å². The van der Waals surface area contributed by atoms with Gasteiger partial charge < -0.3 is 5.11 Å². The molecular weight excluding hydrogens is 118 g/mol. The molecule has 1 N–H and O–H groups in total. The first-order valence-electron chi connectivity index (χ1n) is 2.71. The van der Waals surface area contributed by atoms with Gasteiger partial charge in [-0.25, -0.2) is 4.39 Å². The zero-order chi connectivity index (χ0) is 6.85. The molecule has 0 saturated heterocycles. The molecule has 0 spiro atoms. The number of alkyl halides is 1. The molecule has 3 heteroatoms. The van der Waals surface area contributed by atoms with E-state index in [9.17, 15) is 4.39 Å². The van der Waals surface area contributed by atoms with Gasteiger partial charge in [0.1, 0.15) is 19.8 Å². The van der Waals surface area contributed by atoms with Crippen molar-refractivity contribution in [3.05, 3.63) is 23.4 Å². The van der Waals surface area contributed by atoms with Crippen LogP contribution in [0.2, 0.25) is 0 Å². The van der Waals surface area contributed by atoms with Gasteiger partial charge in [-0.2, -0.15) is 0 Å². The van der Waals surface area contributed by atoms with E-state index in [1.54, 1.807) is 6.08 Å². The Kier molecular flexibility index (Phi) is 1.60. The second-order valence-corrected chi connectivity index (χ2v) is 1.95. The van der Waals surface area contributed by atoms with Crippen LogP contribution in [0.5, 0.6) is 0 Å². The number of hydrogen-bond acceptors (Lipinski definition) is 1. The predicted molar refractivity (Wildman–Crippen MR) is 34.1 cm³/mol. The van der Waals surface area contributed by atoms with Crippen LogP contribution in [0.1, 0.15) is 6.42 Å². The number of hydrogen-bond donors (Lipinski definition) is 1. The third-order valence-electron chi connectivity index (χ3n) is 1.25. The van der Waals surface area contributed by atoms with E-state index in [-0.39, 0.29) is 17.7 Å². The fraction of sp³-hybridized carbons (Fsp3) is 0.333. The number of aliphatic hydroxyl groups is 1. The van der Waals surface area contributed by atoms with Crippen molar-refractivity contribution in [1.29, 1.82) is 0 Å². The molecule has 0 amide bonds. The smallest absolute Gasteiger partial charge is 0.119 e. The van der Waals surface area contributed by atoms with Crippen molar-refractivity contribution in [3.8, 4) is 0 Å². The van der Waals surface area contributed by atoms with Crippen LogP contribution in [-0.2, 0) is 0 Å². The Morgan fingerprint density at radius 2 is 2.44 bits per heavy atom. The van der Waals surface area contributed by atoms with Gasteiger partial charge in [-0.3, -0.25) is 0 Å². The van der Waals surface area contributed by atoms with E-state index in [1.807, 2.05) is 0 Å². The first-order valence-corrected chi connectivity index (χ1v) is 2.71. The van der Waals surface area contributed by atoms with Gasteiger partial charge in [-0.15, -0.1) is 0 Å². The monoisotopic (exact) mass is 124 g/mol. The maximum Gasteiger partial charge on any atom is 0.119 e. The lowest BCUT2D eigenvalue weighted by molar-refractivity contribution is 0.358. The third kappa shape index (κ3) is 1.15. The Hall–Kier alpha value is -0.725. The standard InChI is InChI=1S/C6H6BFO/c7-6-4(8)2-1-3-5(6)9/h1,3-4,9H,2H2. The minimum absolute atomic E-state index is 0.0579. The molecule has 1 aliphatic carbocycles. The van der Waals surface area contributed by atoms with Crippen molar-refractivity contribution in [3.63, 3.8) is 0 Å². The average molecular weight is 124 g/mol. The summed E-state index contributed by atoms with van der Waals surface area (Å²) in [6.45, 7) is 0. The topological polar surface area (TPSA) is 20.2 Å². The van der Waals surface area contributed by atoms with Crippen molar-refractivity contribution in [2.45, 2.75) is 12.6 Å². The predicted octanol–water partition coefficient (Wildman–Crippen LogP) is 1.22. The van der Waals surface area contributed by atoms with Crippen LogP contribution in [0.4, 0.5) is 4.39 Å². The summed E-state index contributed by atoms with van der Waals surface area (Å²) in [7, 11) is 5.13. The highest BCUT2D eigenvalue weighted by atomic mass is 19.1. The van der Waals surface area contributed by atoms with E-state index < -0.39 is 6.17 Å². The molecule has 0 fully saturated rings. The highest BCUT2D eigenvalue weighted by Gasteiger charge is 2.12. The number of allylic oxidation sites excluding steroid dienone is 3. The fourth-order valence-electron chi connectivity index (χ4n) is 0.683. The summed E-state index contributed by atoms with van der Waals surface area (Å²) in [4.78, 5) is 0. The molecule has 2 radical (unpaired) electrons. The second-order valence-electron chi connectivity index (χ2n) is 1.95. The summed E-state index contributed by atoms with van der Waals surface area (Å²) in [6.07, 6.45) is 2.03. The van der Waals surface area contributed by atoms with Gasteiger partial charge in [0.25, 0.3) is 0 Å². The van der Waals surface area contributed by atoms with E-state index in [2.05, 4.69) is 0 Å². The zero-order valence-corrected chi connectivity index (χ0v) is 4.84. The first-order chi connectivity index (χ1) is 4.22. The van der Waals surface area contributed by atoms with Crippen molar-refractivity contribution in [2.24, 2.45) is 0 Å². The molecule has 1 aliphatic rings. The van der Waals surface area contributed by atoms with Crippen LogP contribution in [0, 0.1) is 0 Å². The Morgan fingerprint density at radius 3 is 2.89 bits per heavy atom. The van der Waals surface area contributed by atoms with Gasteiger partial charge >= 0.3 is 0 Å². The summed E-state index contributed by atoms with van der Waals surface area (Å²) in [5, 5.41) is 8.78. The van der Waals surface area contributed by atoms with Crippen molar-refractivity contribution in [1.82, 2.24) is 0 Å². The molecule has 1 atom stereocenters. The maximum absolute atomic E-state index is 12.4. The first kappa shape index (κ1) is 6.40. The fourth-order valence-corrected chi connectivity index (χ4v) is 0.683. The van der Waals surface area contributed by atoms with E-state index >= 15 is 0 Å². The van der Waals surface area contributed by atoms with Crippen LogP contribution in [0.3, 0.4) is 0 Å². The minimum atomic E-state index is -1.20. The van der Waals surface area contributed by atoms with Crippen LogP contribution in [0.15, 0.2) is 23.4 Å². The number of aliphatic hydroxyl groups excluding tert-OH is 1. The lowest BCUT2D eigenvalue weighted by Crippen LogP contribution is -2.09. The molecule has 46 valence electrons. The zero-order valence-electron chi connectivity index (χ0n) is 4.84. The van der Waals surface area contributed by atoms with Gasteiger partial charge in [-0.1, -0.05) is 6.08 Å². The van der Waals surface area contributed by atoms with E-state index in [4.69, 9.17) is 13.0 Å². The Balaban J connectivity index is 2.83.